The van der Waals surface area contributed by atoms with Crippen LogP contribution in [0, 0.1) is 5.95 Å². The summed E-state index contributed by atoms with van der Waals surface area (Å²) in [4.78, 5) is 16.7. The molecule has 0 fully saturated rings. The largest absolute Gasteiger partial charge is 0.283 e. The van der Waals surface area contributed by atoms with Crippen LogP contribution in [0.5, 0.6) is 0 Å². The standard InChI is InChI=1S/C24H17F2N5/c25-22(21(16-6-3-11-27-14-16)17-7-4-12-28-23(17)26)18-8-5-13-29-24(18)31-15-30-19-9-1-2-10-20(19)31/h1-15,21-22H. The van der Waals surface area contributed by atoms with E-state index in [-0.39, 0.29) is 5.56 Å². The highest BCUT2D eigenvalue weighted by Crippen LogP contribution is 2.41. The van der Waals surface area contributed by atoms with Gasteiger partial charge in [0.05, 0.1) is 17.0 Å². The Hall–Kier alpha value is -4.00. The van der Waals surface area contributed by atoms with Gasteiger partial charge < -0.3 is 0 Å². The Labute approximate surface area is 177 Å². The van der Waals surface area contributed by atoms with Gasteiger partial charge in [-0.2, -0.15) is 4.39 Å². The molecule has 0 radical (unpaired) electrons. The van der Waals surface area contributed by atoms with Crippen LogP contribution < -0.4 is 0 Å². The van der Waals surface area contributed by atoms with Crippen molar-refractivity contribution in [1.29, 1.82) is 0 Å². The Balaban J connectivity index is 1.68. The molecule has 0 aliphatic heterocycles. The molecule has 5 nitrogen and oxygen atoms in total. The fraction of sp³-hybridized carbons (Fsp3) is 0.0833. The van der Waals surface area contributed by atoms with Crippen LogP contribution in [0.1, 0.15) is 28.8 Å². The summed E-state index contributed by atoms with van der Waals surface area (Å²) >= 11 is 0. The van der Waals surface area contributed by atoms with E-state index in [1.807, 2.05) is 24.3 Å². The summed E-state index contributed by atoms with van der Waals surface area (Å²) in [6.45, 7) is 0. The van der Waals surface area contributed by atoms with Crippen molar-refractivity contribution in [2.24, 2.45) is 0 Å². The molecule has 1 aromatic carbocycles. The van der Waals surface area contributed by atoms with Gasteiger partial charge in [-0.15, -0.1) is 0 Å². The topological polar surface area (TPSA) is 56.5 Å². The highest BCUT2D eigenvalue weighted by molar-refractivity contribution is 5.77. The highest BCUT2D eigenvalue weighted by Gasteiger charge is 2.32. The number of nitrogens with zero attached hydrogens (tertiary/aromatic N) is 5. The first kappa shape index (κ1) is 19.0. The third-order valence-electron chi connectivity index (χ3n) is 5.25. The minimum Gasteiger partial charge on any atom is -0.283 e. The molecular weight excluding hydrogens is 396 g/mol. The van der Waals surface area contributed by atoms with Crippen molar-refractivity contribution in [3.8, 4) is 5.82 Å². The minimum atomic E-state index is -1.60. The normalized spacial score (nSPS) is 13.2. The van der Waals surface area contributed by atoms with E-state index in [0.29, 0.717) is 16.9 Å². The quantitative estimate of drug-likeness (QED) is 0.372. The second kappa shape index (κ2) is 8.02. The third-order valence-corrected chi connectivity index (χ3v) is 5.25. The molecule has 0 N–H and O–H groups in total. The number of para-hydroxylation sites is 2. The molecule has 7 heteroatoms. The van der Waals surface area contributed by atoms with Crippen LogP contribution in [0.4, 0.5) is 8.78 Å². The Bertz CT molecular complexity index is 1340. The zero-order chi connectivity index (χ0) is 21.2. The van der Waals surface area contributed by atoms with E-state index in [1.54, 1.807) is 65.9 Å². The molecule has 5 aromatic rings. The number of alkyl halides is 1. The molecule has 5 rings (SSSR count). The van der Waals surface area contributed by atoms with Crippen molar-refractivity contribution >= 4 is 11.0 Å². The number of imidazole rings is 1. The average Bonchev–Trinajstić information content (AvgIpc) is 3.25. The molecule has 2 atom stereocenters. The van der Waals surface area contributed by atoms with Gasteiger partial charge in [0.25, 0.3) is 0 Å². The lowest BCUT2D eigenvalue weighted by Gasteiger charge is -2.24. The van der Waals surface area contributed by atoms with Crippen LogP contribution in [0.2, 0.25) is 0 Å². The molecule has 0 aliphatic carbocycles. The van der Waals surface area contributed by atoms with E-state index in [2.05, 4.69) is 19.9 Å². The predicted molar refractivity (Wildman–Crippen MR) is 113 cm³/mol. The number of halogens is 2. The summed E-state index contributed by atoms with van der Waals surface area (Å²) in [5, 5.41) is 0. The number of rotatable bonds is 5. The minimum absolute atomic E-state index is 0.160. The summed E-state index contributed by atoms with van der Waals surface area (Å²) in [5.74, 6) is -1.25. The number of benzene rings is 1. The van der Waals surface area contributed by atoms with Gasteiger partial charge in [0.2, 0.25) is 5.95 Å². The molecule has 0 aliphatic rings. The zero-order valence-electron chi connectivity index (χ0n) is 16.3. The third kappa shape index (κ3) is 3.44. The van der Waals surface area contributed by atoms with Gasteiger partial charge in [0.1, 0.15) is 18.3 Å². The van der Waals surface area contributed by atoms with Crippen LogP contribution in [-0.4, -0.2) is 24.5 Å². The molecule has 152 valence electrons. The maximum atomic E-state index is 16.3. The summed E-state index contributed by atoms with van der Waals surface area (Å²) in [5.41, 5.74) is 2.61. The van der Waals surface area contributed by atoms with Crippen molar-refractivity contribution < 1.29 is 8.78 Å². The van der Waals surface area contributed by atoms with E-state index in [1.165, 1.54) is 6.20 Å². The first-order valence-corrected chi connectivity index (χ1v) is 9.76. The summed E-state index contributed by atoms with van der Waals surface area (Å²) < 4.78 is 32.7. The van der Waals surface area contributed by atoms with E-state index in [0.717, 1.165) is 11.0 Å². The van der Waals surface area contributed by atoms with E-state index in [4.69, 9.17) is 0 Å². The second-order valence-corrected chi connectivity index (χ2v) is 7.07. The van der Waals surface area contributed by atoms with Crippen molar-refractivity contribution in [2.75, 3.05) is 0 Å². The van der Waals surface area contributed by atoms with Gasteiger partial charge in [0.15, 0.2) is 0 Å². The number of hydrogen-bond donors (Lipinski definition) is 0. The van der Waals surface area contributed by atoms with Gasteiger partial charge in [0, 0.05) is 35.9 Å². The molecule has 0 saturated heterocycles. The average molecular weight is 413 g/mol. The molecule has 0 bridgehead atoms. The van der Waals surface area contributed by atoms with Gasteiger partial charge in [-0.25, -0.2) is 19.3 Å². The van der Waals surface area contributed by atoms with E-state index in [9.17, 15) is 4.39 Å². The van der Waals surface area contributed by atoms with E-state index < -0.39 is 18.0 Å². The zero-order valence-corrected chi connectivity index (χ0v) is 16.3. The van der Waals surface area contributed by atoms with Gasteiger partial charge >= 0.3 is 0 Å². The van der Waals surface area contributed by atoms with E-state index >= 15 is 4.39 Å². The van der Waals surface area contributed by atoms with Gasteiger partial charge in [-0.1, -0.05) is 30.3 Å². The van der Waals surface area contributed by atoms with Crippen LogP contribution in [0.25, 0.3) is 16.9 Å². The smallest absolute Gasteiger partial charge is 0.216 e. The Morgan fingerprint density at radius 3 is 2.35 bits per heavy atom. The molecule has 0 saturated carbocycles. The number of pyridine rings is 3. The lowest BCUT2D eigenvalue weighted by Crippen LogP contribution is -2.14. The second-order valence-electron chi connectivity index (χ2n) is 7.07. The van der Waals surface area contributed by atoms with Crippen LogP contribution in [-0.2, 0) is 0 Å². The highest BCUT2D eigenvalue weighted by atomic mass is 19.1. The fourth-order valence-corrected chi connectivity index (χ4v) is 3.83. The Morgan fingerprint density at radius 2 is 1.55 bits per heavy atom. The predicted octanol–water partition coefficient (Wildman–Crippen LogP) is 5.19. The van der Waals surface area contributed by atoms with Crippen molar-refractivity contribution in [3.63, 3.8) is 0 Å². The number of hydrogen-bond acceptors (Lipinski definition) is 4. The molecule has 0 spiro atoms. The molecule has 4 aromatic heterocycles. The van der Waals surface area contributed by atoms with Gasteiger partial charge in [-0.05, 0) is 35.9 Å². The Morgan fingerprint density at radius 1 is 0.774 bits per heavy atom. The molecule has 2 unspecified atom stereocenters. The van der Waals surface area contributed by atoms with Crippen molar-refractivity contribution in [3.05, 3.63) is 114 Å². The monoisotopic (exact) mass is 413 g/mol. The Kier molecular flexibility index (Phi) is 4.92. The first-order valence-electron chi connectivity index (χ1n) is 9.76. The summed E-state index contributed by atoms with van der Waals surface area (Å²) in [7, 11) is 0. The number of fused-ring (bicyclic) bond motifs is 1. The lowest BCUT2D eigenvalue weighted by atomic mass is 9.85. The first-order chi connectivity index (χ1) is 15.2. The van der Waals surface area contributed by atoms with Crippen LogP contribution in [0.15, 0.2) is 91.8 Å². The van der Waals surface area contributed by atoms with Crippen LogP contribution >= 0.6 is 0 Å². The number of aromatic nitrogens is 5. The molecule has 0 amide bonds. The fourth-order valence-electron chi connectivity index (χ4n) is 3.83. The van der Waals surface area contributed by atoms with Crippen LogP contribution in [0.3, 0.4) is 0 Å². The van der Waals surface area contributed by atoms with Gasteiger partial charge in [-0.3, -0.25) is 9.55 Å². The molecular formula is C24H17F2N5. The maximum Gasteiger partial charge on any atom is 0.216 e. The van der Waals surface area contributed by atoms with Crippen molar-refractivity contribution in [1.82, 2.24) is 24.5 Å². The maximum absolute atomic E-state index is 16.3. The summed E-state index contributed by atoms with van der Waals surface area (Å²) in [6, 6.07) is 17.5. The lowest BCUT2D eigenvalue weighted by molar-refractivity contribution is 0.304. The SMILES string of the molecule is Fc1ncccc1C(c1cccnc1)C(F)c1cccnc1-n1cnc2ccccc21. The summed E-state index contributed by atoms with van der Waals surface area (Å²) in [6.07, 6.45) is 6.11. The molecule has 31 heavy (non-hydrogen) atoms. The molecule has 4 heterocycles. The van der Waals surface area contributed by atoms with Crippen molar-refractivity contribution in [2.45, 2.75) is 12.1 Å².